The maximum absolute atomic E-state index is 11.1. The van der Waals surface area contributed by atoms with Crippen LogP contribution in [0, 0.1) is 0 Å². The van der Waals surface area contributed by atoms with E-state index in [4.69, 9.17) is 5.73 Å². The average Bonchev–Trinajstić information content (AvgIpc) is 2.97. The van der Waals surface area contributed by atoms with Gasteiger partial charge >= 0.3 is 0 Å². The summed E-state index contributed by atoms with van der Waals surface area (Å²) in [6.07, 6.45) is 1.83. The minimum Gasteiger partial charge on any atom is -0.399 e. The first-order chi connectivity index (χ1) is 10.6. The Morgan fingerprint density at radius 2 is 1.95 bits per heavy atom. The molecular weight excluding hydrogens is 278 g/mol. The third-order valence-corrected chi connectivity index (χ3v) is 3.13. The zero-order valence-corrected chi connectivity index (χ0v) is 12.0. The van der Waals surface area contributed by atoms with Gasteiger partial charge in [-0.1, -0.05) is 17.3 Å². The molecule has 1 heterocycles. The van der Waals surface area contributed by atoms with E-state index in [9.17, 15) is 4.79 Å². The lowest BCUT2D eigenvalue weighted by atomic mass is 10.1. The molecule has 0 radical (unpaired) electrons. The number of amides is 1. The molecule has 0 saturated heterocycles. The van der Waals surface area contributed by atoms with Gasteiger partial charge in [0.2, 0.25) is 5.91 Å². The molecule has 110 valence electrons. The van der Waals surface area contributed by atoms with E-state index in [0.29, 0.717) is 5.69 Å². The monoisotopic (exact) mass is 293 g/mol. The molecule has 3 aromatic rings. The molecule has 0 aliphatic heterocycles. The summed E-state index contributed by atoms with van der Waals surface area (Å²) in [6.45, 7) is 1.48. The van der Waals surface area contributed by atoms with Crippen LogP contribution in [0.4, 0.5) is 11.4 Å². The molecule has 0 atom stereocenters. The maximum atomic E-state index is 11.1. The predicted octanol–water partition coefficient (Wildman–Crippen LogP) is 2.47. The van der Waals surface area contributed by atoms with Crippen molar-refractivity contribution in [1.82, 2.24) is 15.0 Å². The summed E-state index contributed by atoms with van der Waals surface area (Å²) in [4.78, 5) is 11.1. The molecule has 0 aliphatic rings. The number of carbonyl (C=O) groups is 1. The minimum absolute atomic E-state index is 0.109. The lowest BCUT2D eigenvalue weighted by Crippen LogP contribution is -2.05. The smallest absolute Gasteiger partial charge is 0.221 e. The van der Waals surface area contributed by atoms with Crippen molar-refractivity contribution in [1.29, 1.82) is 0 Å². The van der Waals surface area contributed by atoms with Crippen LogP contribution in [0.1, 0.15) is 6.92 Å². The molecular formula is C16H15N5O. The van der Waals surface area contributed by atoms with Crippen LogP contribution < -0.4 is 11.1 Å². The molecule has 0 fully saturated rings. The highest BCUT2D eigenvalue weighted by atomic mass is 16.1. The SMILES string of the molecule is CC(=O)Nc1cccc(-c2cn(-c3ccc(N)cc3)nn2)c1. The molecule has 2 aromatic carbocycles. The average molecular weight is 293 g/mol. The van der Waals surface area contributed by atoms with E-state index in [2.05, 4.69) is 15.6 Å². The lowest BCUT2D eigenvalue weighted by Gasteiger charge is -2.03. The zero-order valence-electron chi connectivity index (χ0n) is 12.0. The molecule has 0 saturated carbocycles. The summed E-state index contributed by atoms with van der Waals surface area (Å²) in [5.41, 5.74) is 9.60. The van der Waals surface area contributed by atoms with Crippen molar-refractivity contribution < 1.29 is 4.79 Å². The first kappa shape index (κ1) is 13.8. The molecule has 22 heavy (non-hydrogen) atoms. The summed E-state index contributed by atoms with van der Waals surface area (Å²) in [5, 5.41) is 11.0. The normalized spacial score (nSPS) is 10.4. The Bertz CT molecular complexity index is 807. The van der Waals surface area contributed by atoms with Gasteiger partial charge in [-0.3, -0.25) is 4.79 Å². The summed E-state index contributed by atoms with van der Waals surface area (Å²) in [7, 11) is 0. The molecule has 1 aromatic heterocycles. The summed E-state index contributed by atoms with van der Waals surface area (Å²) in [5.74, 6) is -0.109. The van der Waals surface area contributed by atoms with E-state index in [-0.39, 0.29) is 5.91 Å². The Kier molecular flexibility index (Phi) is 3.57. The highest BCUT2D eigenvalue weighted by Gasteiger charge is 2.06. The molecule has 0 aliphatic carbocycles. The van der Waals surface area contributed by atoms with Crippen LogP contribution in [0.25, 0.3) is 16.9 Å². The van der Waals surface area contributed by atoms with Crippen molar-refractivity contribution >= 4 is 17.3 Å². The molecule has 0 bridgehead atoms. The van der Waals surface area contributed by atoms with E-state index in [1.165, 1.54) is 6.92 Å². The van der Waals surface area contributed by atoms with Gasteiger partial charge in [0.15, 0.2) is 0 Å². The molecule has 6 nitrogen and oxygen atoms in total. The molecule has 3 rings (SSSR count). The molecule has 3 N–H and O–H groups in total. The van der Waals surface area contributed by atoms with Crippen molar-refractivity contribution in [2.45, 2.75) is 6.92 Å². The van der Waals surface area contributed by atoms with Gasteiger partial charge in [0, 0.05) is 23.9 Å². The van der Waals surface area contributed by atoms with E-state index in [0.717, 1.165) is 22.6 Å². The second-order valence-electron chi connectivity index (χ2n) is 4.90. The summed E-state index contributed by atoms with van der Waals surface area (Å²) < 4.78 is 1.68. The highest BCUT2D eigenvalue weighted by molar-refractivity contribution is 5.89. The van der Waals surface area contributed by atoms with Crippen LogP contribution in [-0.4, -0.2) is 20.9 Å². The number of hydrogen-bond acceptors (Lipinski definition) is 4. The fourth-order valence-corrected chi connectivity index (χ4v) is 2.11. The number of benzene rings is 2. The topological polar surface area (TPSA) is 85.8 Å². The Balaban J connectivity index is 1.90. The predicted molar refractivity (Wildman–Crippen MR) is 85.5 cm³/mol. The van der Waals surface area contributed by atoms with Gasteiger partial charge < -0.3 is 11.1 Å². The standard InChI is InChI=1S/C16H15N5O/c1-11(22)18-14-4-2-3-12(9-14)16-10-21(20-19-16)15-7-5-13(17)6-8-15/h2-10H,17H2,1H3,(H,18,22). The summed E-state index contributed by atoms with van der Waals surface area (Å²) in [6, 6.07) is 14.9. The van der Waals surface area contributed by atoms with Crippen molar-refractivity contribution in [2.75, 3.05) is 11.1 Å². The third-order valence-electron chi connectivity index (χ3n) is 3.13. The fourth-order valence-electron chi connectivity index (χ4n) is 2.11. The zero-order chi connectivity index (χ0) is 15.5. The number of nitrogens with zero attached hydrogens (tertiary/aromatic N) is 3. The second kappa shape index (κ2) is 5.69. The lowest BCUT2D eigenvalue weighted by molar-refractivity contribution is -0.114. The number of nitrogens with two attached hydrogens (primary N) is 1. The van der Waals surface area contributed by atoms with Crippen LogP contribution >= 0.6 is 0 Å². The Labute approximate surface area is 127 Å². The van der Waals surface area contributed by atoms with E-state index in [1.54, 1.807) is 4.68 Å². The van der Waals surface area contributed by atoms with Gasteiger partial charge in [-0.2, -0.15) is 0 Å². The van der Waals surface area contributed by atoms with Gasteiger partial charge in [-0.05, 0) is 36.4 Å². The first-order valence-corrected chi connectivity index (χ1v) is 6.78. The van der Waals surface area contributed by atoms with Gasteiger partial charge in [0.25, 0.3) is 0 Å². The van der Waals surface area contributed by atoms with E-state index >= 15 is 0 Å². The second-order valence-corrected chi connectivity index (χ2v) is 4.90. The van der Waals surface area contributed by atoms with Gasteiger partial charge in [0.05, 0.1) is 11.9 Å². The van der Waals surface area contributed by atoms with Crippen LogP contribution in [0.3, 0.4) is 0 Å². The largest absolute Gasteiger partial charge is 0.399 e. The number of nitrogens with one attached hydrogen (secondary N) is 1. The van der Waals surface area contributed by atoms with Gasteiger partial charge in [-0.25, -0.2) is 4.68 Å². The Morgan fingerprint density at radius 1 is 1.18 bits per heavy atom. The third kappa shape index (κ3) is 2.95. The van der Waals surface area contributed by atoms with Crippen molar-refractivity contribution in [3.05, 3.63) is 54.7 Å². The number of hydrogen-bond donors (Lipinski definition) is 2. The quantitative estimate of drug-likeness (QED) is 0.726. The van der Waals surface area contributed by atoms with E-state index < -0.39 is 0 Å². The van der Waals surface area contributed by atoms with Gasteiger partial charge in [0.1, 0.15) is 5.69 Å². The first-order valence-electron chi connectivity index (χ1n) is 6.78. The number of anilines is 2. The van der Waals surface area contributed by atoms with Crippen LogP contribution in [0.2, 0.25) is 0 Å². The minimum atomic E-state index is -0.109. The molecule has 0 spiro atoms. The Hall–Kier alpha value is -3.15. The molecule has 0 unspecified atom stereocenters. The van der Waals surface area contributed by atoms with Crippen LogP contribution in [-0.2, 0) is 4.79 Å². The Morgan fingerprint density at radius 3 is 2.68 bits per heavy atom. The maximum Gasteiger partial charge on any atom is 0.221 e. The van der Waals surface area contributed by atoms with Crippen LogP contribution in [0.5, 0.6) is 0 Å². The number of carbonyl (C=O) groups excluding carboxylic acids is 1. The number of aromatic nitrogens is 3. The van der Waals surface area contributed by atoms with Crippen molar-refractivity contribution in [3.63, 3.8) is 0 Å². The number of rotatable bonds is 3. The molecule has 1 amide bonds. The van der Waals surface area contributed by atoms with Crippen LogP contribution in [0.15, 0.2) is 54.7 Å². The van der Waals surface area contributed by atoms with Gasteiger partial charge in [-0.15, -0.1) is 5.10 Å². The van der Waals surface area contributed by atoms with E-state index in [1.807, 2.05) is 54.7 Å². The molecule has 6 heteroatoms. The highest BCUT2D eigenvalue weighted by Crippen LogP contribution is 2.21. The fraction of sp³-hybridized carbons (Fsp3) is 0.0625. The number of nitrogen functional groups attached to an aromatic ring is 1. The summed E-state index contributed by atoms with van der Waals surface area (Å²) >= 11 is 0. The van der Waals surface area contributed by atoms with Crippen molar-refractivity contribution in [3.8, 4) is 16.9 Å². The van der Waals surface area contributed by atoms with Crippen molar-refractivity contribution in [2.24, 2.45) is 0 Å².